The summed E-state index contributed by atoms with van der Waals surface area (Å²) in [6, 6.07) is 17.2. The molecule has 2 atom stereocenters. The van der Waals surface area contributed by atoms with Gasteiger partial charge in [-0.05, 0) is 42.0 Å². The van der Waals surface area contributed by atoms with E-state index >= 15 is 0 Å². The summed E-state index contributed by atoms with van der Waals surface area (Å²) in [5.41, 5.74) is 3.97. The van der Waals surface area contributed by atoms with Gasteiger partial charge in [0.15, 0.2) is 0 Å². The number of hydrogen-bond donors (Lipinski definition) is 2. The van der Waals surface area contributed by atoms with Gasteiger partial charge < -0.3 is 10.6 Å². The third-order valence-electron chi connectivity index (χ3n) is 5.81. The molecule has 1 aliphatic heterocycles. The number of benzene rings is 2. The van der Waals surface area contributed by atoms with E-state index in [9.17, 15) is 4.79 Å². The van der Waals surface area contributed by atoms with Crippen molar-refractivity contribution in [3.63, 3.8) is 0 Å². The van der Waals surface area contributed by atoms with Crippen molar-refractivity contribution in [1.82, 2.24) is 15.5 Å². The van der Waals surface area contributed by atoms with Gasteiger partial charge in [-0.25, -0.2) is 0 Å². The first-order chi connectivity index (χ1) is 13.1. The Morgan fingerprint density at radius 1 is 1.07 bits per heavy atom. The molecule has 0 radical (unpaired) electrons. The van der Waals surface area contributed by atoms with Crippen LogP contribution in [0.5, 0.6) is 0 Å². The standard InChI is InChI=1S/C22H26ClN3O/c1-24-22(27)21-12-19(14-26(21)13-17-8-4-5-9-20(17)23)25-18-10-15-6-2-3-7-16(15)11-18/h2-9,18-19,21,25H,10-14H2,1H3,(H,24,27)/t19-,21+/m1/s1. The number of carbonyl (C=O) groups excluding carboxylic acids is 1. The molecule has 27 heavy (non-hydrogen) atoms. The molecule has 4 nitrogen and oxygen atoms in total. The minimum Gasteiger partial charge on any atom is -0.358 e. The first-order valence-electron chi connectivity index (χ1n) is 9.66. The topological polar surface area (TPSA) is 44.4 Å². The van der Waals surface area contributed by atoms with Crippen molar-refractivity contribution >= 4 is 17.5 Å². The average Bonchev–Trinajstić information content (AvgIpc) is 3.26. The lowest BCUT2D eigenvalue weighted by molar-refractivity contribution is -0.125. The van der Waals surface area contributed by atoms with Crippen LogP contribution in [-0.4, -0.2) is 42.5 Å². The van der Waals surface area contributed by atoms with Crippen molar-refractivity contribution in [2.24, 2.45) is 0 Å². The Bertz CT molecular complexity index is 800. The molecule has 0 unspecified atom stereocenters. The fourth-order valence-electron chi connectivity index (χ4n) is 4.49. The summed E-state index contributed by atoms with van der Waals surface area (Å²) in [6.45, 7) is 1.55. The van der Waals surface area contributed by atoms with Crippen LogP contribution >= 0.6 is 11.6 Å². The molecule has 1 saturated heterocycles. The van der Waals surface area contributed by atoms with E-state index in [1.165, 1.54) is 11.1 Å². The number of likely N-dealkylation sites (N-methyl/N-ethyl adjacent to an activating group) is 1. The first-order valence-corrected chi connectivity index (χ1v) is 10.0. The summed E-state index contributed by atoms with van der Waals surface area (Å²) in [6.07, 6.45) is 2.97. The van der Waals surface area contributed by atoms with Crippen LogP contribution in [0.4, 0.5) is 0 Å². The maximum atomic E-state index is 12.4. The van der Waals surface area contributed by atoms with Crippen LogP contribution in [0.15, 0.2) is 48.5 Å². The fourth-order valence-corrected chi connectivity index (χ4v) is 4.69. The zero-order valence-electron chi connectivity index (χ0n) is 15.6. The Hall–Kier alpha value is -1.88. The number of likely N-dealkylation sites (tertiary alicyclic amines) is 1. The Kier molecular flexibility index (Phi) is 5.48. The molecule has 2 aromatic carbocycles. The molecule has 5 heteroatoms. The minimum atomic E-state index is -0.118. The van der Waals surface area contributed by atoms with Crippen LogP contribution in [0.25, 0.3) is 0 Å². The summed E-state index contributed by atoms with van der Waals surface area (Å²) < 4.78 is 0. The van der Waals surface area contributed by atoms with Crippen LogP contribution in [0, 0.1) is 0 Å². The average molecular weight is 384 g/mol. The quantitative estimate of drug-likeness (QED) is 0.834. The predicted molar refractivity (Wildman–Crippen MR) is 109 cm³/mol. The van der Waals surface area contributed by atoms with Gasteiger partial charge >= 0.3 is 0 Å². The highest BCUT2D eigenvalue weighted by Crippen LogP contribution is 2.27. The van der Waals surface area contributed by atoms with Gasteiger partial charge in [-0.2, -0.15) is 0 Å². The number of carbonyl (C=O) groups is 1. The van der Waals surface area contributed by atoms with E-state index < -0.39 is 0 Å². The number of amides is 1. The molecule has 1 heterocycles. The summed E-state index contributed by atoms with van der Waals surface area (Å²) >= 11 is 6.35. The molecule has 0 bridgehead atoms. The molecule has 2 aliphatic rings. The highest BCUT2D eigenvalue weighted by Gasteiger charge is 2.37. The van der Waals surface area contributed by atoms with Gasteiger partial charge in [0.2, 0.25) is 5.91 Å². The van der Waals surface area contributed by atoms with Crippen LogP contribution < -0.4 is 10.6 Å². The van der Waals surface area contributed by atoms with Crippen molar-refractivity contribution in [2.75, 3.05) is 13.6 Å². The lowest BCUT2D eigenvalue weighted by Crippen LogP contribution is -2.41. The van der Waals surface area contributed by atoms with E-state index in [1.54, 1.807) is 7.05 Å². The highest BCUT2D eigenvalue weighted by atomic mass is 35.5. The van der Waals surface area contributed by atoms with E-state index in [2.05, 4.69) is 39.8 Å². The Morgan fingerprint density at radius 2 is 1.74 bits per heavy atom. The number of nitrogens with zero attached hydrogens (tertiary/aromatic N) is 1. The maximum absolute atomic E-state index is 12.4. The number of rotatable bonds is 5. The van der Waals surface area contributed by atoms with Crippen molar-refractivity contribution in [2.45, 2.75) is 43.9 Å². The molecular formula is C22H26ClN3O. The van der Waals surface area contributed by atoms with Crippen molar-refractivity contribution < 1.29 is 4.79 Å². The number of nitrogens with one attached hydrogen (secondary N) is 2. The van der Waals surface area contributed by atoms with Gasteiger partial charge in [-0.3, -0.25) is 9.69 Å². The molecular weight excluding hydrogens is 358 g/mol. The zero-order valence-corrected chi connectivity index (χ0v) is 16.4. The SMILES string of the molecule is CNC(=O)[C@@H]1C[C@@H](NC2Cc3ccccc3C2)CN1Cc1ccccc1Cl. The number of fused-ring (bicyclic) bond motifs is 1. The Labute approximate surface area is 165 Å². The second-order valence-corrected chi connectivity index (χ2v) is 8.03. The third-order valence-corrected chi connectivity index (χ3v) is 6.17. The van der Waals surface area contributed by atoms with Gasteiger partial charge in [0.1, 0.15) is 0 Å². The van der Waals surface area contributed by atoms with Crippen molar-refractivity contribution in [1.29, 1.82) is 0 Å². The molecule has 0 aromatic heterocycles. The lowest BCUT2D eigenvalue weighted by Gasteiger charge is -2.23. The second kappa shape index (κ2) is 8.01. The van der Waals surface area contributed by atoms with E-state index in [1.807, 2.05) is 24.3 Å². The van der Waals surface area contributed by atoms with E-state index in [4.69, 9.17) is 11.6 Å². The Balaban J connectivity index is 1.43. The molecule has 4 rings (SSSR count). The molecule has 0 spiro atoms. The monoisotopic (exact) mass is 383 g/mol. The molecule has 142 valence electrons. The summed E-state index contributed by atoms with van der Waals surface area (Å²) in [5.74, 6) is 0.0843. The molecule has 1 fully saturated rings. The normalized spacial score (nSPS) is 22.7. The fraction of sp³-hybridized carbons (Fsp3) is 0.409. The zero-order chi connectivity index (χ0) is 18.8. The molecule has 1 aliphatic carbocycles. The van der Waals surface area contributed by atoms with Gasteiger partial charge in [0, 0.05) is 37.2 Å². The summed E-state index contributed by atoms with van der Waals surface area (Å²) in [4.78, 5) is 14.7. The summed E-state index contributed by atoms with van der Waals surface area (Å²) in [5, 5.41) is 7.39. The maximum Gasteiger partial charge on any atom is 0.237 e. The minimum absolute atomic E-state index is 0.0843. The van der Waals surface area contributed by atoms with E-state index in [-0.39, 0.29) is 11.9 Å². The number of hydrogen-bond acceptors (Lipinski definition) is 3. The highest BCUT2D eigenvalue weighted by molar-refractivity contribution is 6.31. The van der Waals surface area contributed by atoms with Crippen molar-refractivity contribution in [3.05, 3.63) is 70.2 Å². The first kappa shape index (κ1) is 18.5. The largest absolute Gasteiger partial charge is 0.358 e. The summed E-state index contributed by atoms with van der Waals surface area (Å²) in [7, 11) is 1.71. The van der Waals surface area contributed by atoms with Gasteiger partial charge in [-0.15, -0.1) is 0 Å². The van der Waals surface area contributed by atoms with E-state index in [0.717, 1.165) is 36.4 Å². The van der Waals surface area contributed by atoms with Gasteiger partial charge in [0.25, 0.3) is 0 Å². The predicted octanol–water partition coefficient (Wildman–Crippen LogP) is 2.79. The smallest absolute Gasteiger partial charge is 0.237 e. The van der Waals surface area contributed by atoms with Crippen LogP contribution in [0.2, 0.25) is 5.02 Å². The third kappa shape index (κ3) is 4.03. The molecule has 0 saturated carbocycles. The van der Waals surface area contributed by atoms with Gasteiger partial charge in [-0.1, -0.05) is 54.1 Å². The van der Waals surface area contributed by atoms with E-state index in [0.29, 0.717) is 18.6 Å². The van der Waals surface area contributed by atoms with Crippen LogP contribution in [0.3, 0.4) is 0 Å². The Morgan fingerprint density at radius 3 is 2.41 bits per heavy atom. The van der Waals surface area contributed by atoms with Crippen LogP contribution in [-0.2, 0) is 24.2 Å². The second-order valence-electron chi connectivity index (χ2n) is 7.62. The molecule has 2 aromatic rings. The molecule has 1 amide bonds. The molecule has 2 N–H and O–H groups in total. The van der Waals surface area contributed by atoms with Crippen LogP contribution in [0.1, 0.15) is 23.1 Å². The number of halogens is 1. The van der Waals surface area contributed by atoms with Crippen molar-refractivity contribution in [3.8, 4) is 0 Å². The van der Waals surface area contributed by atoms with Gasteiger partial charge in [0.05, 0.1) is 6.04 Å². The lowest BCUT2D eigenvalue weighted by atomic mass is 10.1.